The first-order chi connectivity index (χ1) is 12.6. The first-order valence-electron chi connectivity index (χ1n) is 8.53. The largest absolute Gasteiger partial charge is 0.380 e. The molecular formula is C19H19BrClN3OS. The Labute approximate surface area is 169 Å². The maximum atomic E-state index is 6.30. The average Bonchev–Trinajstić information content (AvgIpc) is 2.98. The number of anilines is 1. The van der Waals surface area contributed by atoms with Gasteiger partial charge >= 0.3 is 0 Å². The number of nitrogens with zero attached hydrogens (tertiary/aromatic N) is 1. The van der Waals surface area contributed by atoms with E-state index in [1.54, 1.807) is 11.3 Å². The number of thiophene rings is 1. The van der Waals surface area contributed by atoms with E-state index in [4.69, 9.17) is 22.1 Å². The monoisotopic (exact) mass is 451 g/mol. The lowest BCUT2D eigenvalue weighted by Gasteiger charge is -2.28. The van der Waals surface area contributed by atoms with Gasteiger partial charge in [-0.1, -0.05) is 41.9 Å². The van der Waals surface area contributed by atoms with Crippen LogP contribution in [0.1, 0.15) is 22.8 Å². The Balaban J connectivity index is 1.70. The molecule has 2 atom stereocenters. The van der Waals surface area contributed by atoms with Crippen LogP contribution >= 0.6 is 38.9 Å². The van der Waals surface area contributed by atoms with E-state index in [2.05, 4.69) is 38.4 Å². The molecule has 3 aromatic rings. The Morgan fingerprint density at radius 1 is 1.35 bits per heavy atom. The molecule has 1 saturated heterocycles. The summed E-state index contributed by atoms with van der Waals surface area (Å²) in [6.45, 7) is 2.07. The van der Waals surface area contributed by atoms with Crippen molar-refractivity contribution < 1.29 is 4.74 Å². The second kappa shape index (κ2) is 7.82. The van der Waals surface area contributed by atoms with Crippen molar-refractivity contribution in [2.45, 2.75) is 24.9 Å². The molecule has 0 aliphatic carbocycles. The Bertz CT molecular complexity index is 918. The number of benzene rings is 1. The normalized spacial score (nSPS) is 20.4. The van der Waals surface area contributed by atoms with Crippen molar-refractivity contribution in [3.63, 3.8) is 0 Å². The molecule has 0 radical (unpaired) electrons. The van der Waals surface area contributed by atoms with Crippen molar-refractivity contribution in [3.05, 3.63) is 56.5 Å². The van der Waals surface area contributed by atoms with Gasteiger partial charge in [-0.2, -0.15) is 0 Å². The van der Waals surface area contributed by atoms with Crippen molar-refractivity contribution >= 4 is 54.8 Å². The molecule has 3 heterocycles. The van der Waals surface area contributed by atoms with Gasteiger partial charge in [-0.05, 0) is 27.9 Å². The van der Waals surface area contributed by atoms with Crippen LogP contribution in [0.2, 0.25) is 5.15 Å². The number of hydrogen-bond acceptors (Lipinski definition) is 5. The summed E-state index contributed by atoms with van der Waals surface area (Å²) in [6, 6.07) is 12.2. The lowest BCUT2D eigenvalue weighted by atomic mass is 9.94. The molecule has 26 heavy (non-hydrogen) atoms. The predicted octanol–water partition coefficient (Wildman–Crippen LogP) is 5.16. The standard InChI is InChI=1S/C19H19BrClN3OS/c20-16-17-19(26-18(16)12-6-7-25-10-13(12)22)14(8-15(21)24-17)23-9-11-4-2-1-3-5-11/h1-5,8,12-13H,6-7,9-10,22H2,(H,23,24)/t12-,13-/m0/s1. The number of pyridine rings is 1. The van der Waals surface area contributed by atoms with Crippen molar-refractivity contribution in [2.75, 3.05) is 18.5 Å². The van der Waals surface area contributed by atoms with E-state index in [-0.39, 0.29) is 12.0 Å². The van der Waals surface area contributed by atoms with Gasteiger partial charge in [0.25, 0.3) is 0 Å². The van der Waals surface area contributed by atoms with E-state index in [0.717, 1.165) is 39.9 Å². The van der Waals surface area contributed by atoms with Gasteiger partial charge in [0.05, 0.1) is 27.0 Å². The summed E-state index contributed by atoms with van der Waals surface area (Å²) in [4.78, 5) is 5.78. The molecule has 4 nitrogen and oxygen atoms in total. The molecule has 2 aromatic heterocycles. The fourth-order valence-corrected chi connectivity index (χ4v) is 5.76. The van der Waals surface area contributed by atoms with Gasteiger partial charge in [-0.15, -0.1) is 11.3 Å². The number of nitrogens with two attached hydrogens (primary N) is 1. The molecular weight excluding hydrogens is 434 g/mol. The summed E-state index contributed by atoms with van der Waals surface area (Å²) in [5.41, 5.74) is 9.42. The van der Waals surface area contributed by atoms with Gasteiger partial charge in [0, 0.05) is 36.1 Å². The van der Waals surface area contributed by atoms with Crippen LogP contribution < -0.4 is 11.1 Å². The van der Waals surface area contributed by atoms with Crippen LogP contribution in [0.4, 0.5) is 5.69 Å². The summed E-state index contributed by atoms with van der Waals surface area (Å²) < 4.78 is 7.60. The predicted molar refractivity (Wildman–Crippen MR) is 112 cm³/mol. The highest BCUT2D eigenvalue weighted by molar-refractivity contribution is 9.10. The van der Waals surface area contributed by atoms with Crippen molar-refractivity contribution in [1.29, 1.82) is 0 Å². The summed E-state index contributed by atoms with van der Waals surface area (Å²) >= 11 is 11.8. The third kappa shape index (κ3) is 3.62. The molecule has 4 rings (SSSR count). The van der Waals surface area contributed by atoms with Gasteiger partial charge in [0.2, 0.25) is 0 Å². The second-order valence-electron chi connectivity index (χ2n) is 6.42. The molecule has 1 aliphatic rings. The van der Waals surface area contributed by atoms with E-state index >= 15 is 0 Å². The number of aromatic nitrogens is 1. The highest BCUT2D eigenvalue weighted by atomic mass is 79.9. The molecule has 0 spiro atoms. The lowest BCUT2D eigenvalue weighted by molar-refractivity contribution is 0.0702. The van der Waals surface area contributed by atoms with Crippen LogP contribution in [0.5, 0.6) is 0 Å². The fourth-order valence-electron chi connectivity index (χ4n) is 3.27. The minimum atomic E-state index is 0.00399. The van der Waals surface area contributed by atoms with Gasteiger partial charge in [0.1, 0.15) is 5.15 Å². The zero-order valence-corrected chi connectivity index (χ0v) is 17.2. The third-order valence-corrected chi connectivity index (χ3v) is 7.24. The topological polar surface area (TPSA) is 60.2 Å². The molecule has 0 unspecified atom stereocenters. The summed E-state index contributed by atoms with van der Waals surface area (Å²) in [5, 5.41) is 3.99. The van der Waals surface area contributed by atoms with Crippen LogP contribution in [0.15, 0.2) is 40.9 Å². The van der Waals surface area contributed by atoms with Crippen LogP contribution in [-0.2, 0) is 11.3 Å². The SMILES string of the molecule is N[C@H]1COCC[C@@H]1c1sc2c(NCc3ccccc3)cc(Cl)nc2c1Br. The van der Waals surface area contributed by atoms with E-state index < -0.39 is 0 Å². The van der Waals surface area contributed by atoms with Crippen molar-refractivity contribution in [3.8, 4) is 0 Å². The lowest BCUT2D eigenvalue weighted by Crippen LogP contribution is -2.37. The highest BCUT2D eigenvalue weighted by Crippen LogP contribution is 2.45. The third-order valence-electron chi connectivity index (χ3n) is 4.64. The first-order valence-corrected chi connectivity index (χ1v) is 10.5. The van der Waals surface area contributed by atoms with Crippen LogP contribution in [-0.4, -0.2) is 24.2 Å². The van der Waals surface area contributed by atoms with Gasteiger partial charge in [0.15, 0.2) is 0 Å². The second-order valence-corrected chi connectivity index (χ2v) is 8.66. The van der Waals surface area contributed by atoms with Gasteiger partial charge in [-0.3, -0.25) is 0 Å². The summed E-state index contributed by atoms with van der Waals surface area (Å²) in [7, 11) is 0. The Morgan fingerprint density at radius 2 is 2.15 bits per heavy atom. The number of nitrogens with one attached hydrogen (secondary N) is 1. The van der Waals surface area contributed by atoms with Crippen molar-refractivity contribution in [1.82, 2.24) is 4.98 Å². The number of hydrogen-bond donors (Lipinski definition) is 2. The van der Waals surface area contributed by atoms with Crippen molar-refractivity contribution in [2.24, 2.45) is 5.73 Å². The molecule has 136 valence electrons. The molecule has 1 aliphatic heterocycles. The quantitative estimate of drug-likeness (QED) is 0.537. The Hall–Kier alpha value is -1.18. The summed E-state index contributed by atoms with van der Waals surface area (Å²) in [6.07, 6.45) is 0.924. The zero-order valence-electron chi connectivity index (χ0n) is 14.0. The van der Waals surface area contributed by atoms with E-state index in [1.807, 2.05) is 24.3 Å². The minimum Gasteiger partial charge on any atom is -0.380 e. The number of fused-ring (bicyclic) bond motifs is 1. The van der Waals surface area contributed by atoms with Crippen LogP contribution in [0, 0.1) is 0 Å². The van der Waals surface area contributed by atoms with E-state index in [0.29, 0.717) is 11.8 Å². The highest BCUT2D eigenvalue weighted by Gasteiger charge is 2.29. The summed E-state index contributed by atoms with van der Waals surface area (Å²) in [5.74, 6) is 0.276. The van der Waals surface area contributed by atoms with Crippen LogP contribution in [0.25, 0.3) is 10.2 Å². The average molecular weight is 453 g/mol. The smallest absolute Gasteiger partial charge is 0.131 e. The molecule has 0 bridgehead atoms. The number of rotatable bonds is 4. The molecule has 3 N–H and O–H groups in total. The maximum Gasteiger partial charge on any atom is 0.131 e. The van der Waals surface area contributed by atoms with Gasteiger partial charge < -0.3 is 15.8 Å². The number of ether oxygens (including phenoxy) is 1. The molecule has 1 aromatic carbocycles. The minimum absolute atomic E-state index is 0.00399. The molecule has 0 amide bonds. The van der Waals surface area contributed by atoms with Gasteiger partial charge in [-0.25, -0.2) is 4.98 Å². The first kappa shape index (κ1) is 18.2. The maximum absolute atomic E-state index is 6.30. The van der Waals surface area contributed by atoms with Crippen LogP contribution in [0.3, 0.4) is 0 Å². The van der Waals surface area contributed by atoms with E-state index in [1.165, 1.54) is 10.4 Å². The number of halogens is 2. The molecule has 1 fully saturated rings. The molecule has 7 heteroatoms. The fraction of sp³-hybridized carbons (Fsp3) is 0.316. The Morgan fingerprint density at radius 3 is 2.92 bits per heavy atom. The molecule has 0 saturated carbocycles. The Kier molecular flexibility index (Phi) is 5.47. The zero-order chi connectivity index (χ0) is 18.1. The van der Waals surface area contributed by atoms with E-state index in [9.17, 15) is 0 Å².